The maximum absolute atomic E-state index is 11.3. The van der Waals surface area contributed by atoms with Gasteiger partial charge in [0.05, 0.1) is 5.75 Å². The van der Waals surface area contributed by atoms with Crippen molar-refractivity contribution in [2.24, 2.45) is 5.92 Å². The number of nitrogens with zero attached hydrogens (tertiary/aromatic N) is 3. The topological polar surface area (TPSA) is 74.1 Å². The van der Waals surface area contributed by atoms with Crippen LogP contribution in [-0.2, 0) is 29.4 Å². The highest BCUT2D eigenvalue weighted by Crippen LogP contribution is 2.20. The van der Waals surface area contributed by atoms with Crippen molar-refractivity contribution in [3.8, 4) is 5.75 Å². The Labute approximate surface area is 160 Å². The Kier molecular flexibility index (Phi) is 7.52. The lowest BCUT2D eigenvalue weighted by Gasteiger charge is -2.13. The van der Waals surface area contributed by atoms with Gasteiger partial charge in [-0.15, -0.1) is 10.2 Å². The molecule has 0 saturated carbocycles. The van der Waals surface area contributed by atoms with Crippen molar-refractivity contribution in [2.75, 3.05) is 17.8 Å². The van der Waals surface area contributed by atoms with E-state index in [4.69, 9.17) is 4.74 Å². The van der Waals surface area contributed by atoms with E-state index in [1.807, 2.05) is 16.7 Å². The molecule has 1 aromatic carbocycles. The van der Waals surface area contributed by atoms with Crippen molar-refractivity contribution in [1.82, 2.24) is 14.8 Å². The molecule has 1 aromatic heterocycles. The summed E-state index contributed by atoms with van der Waals surface area (Å²) in [5.74, 6) is 2.56. The van der Waals surface area contributed by atoms with Crippen molar-refractivity contribution in [1.29, 1.82) is 0 Å². The van der Waals surface area contributed by atoms with Gasteiger partial charge in [-0.3, -0.25) is 0 Å². The van der Waals surface area contributed by atoms with Crippen LogP contribution in [0.1, 0.15) is 32.2 Å². The highest BCUT2D eigenvalue weighted by atomic mass is 32.2. The zero-order chi connectivity index (χ0) is 19.2. The lowest BCUT2D eigenvalue weighted by Crippen LogP contribution is -2.13. The van der Waals surface area contributed by atoms with Gasteiger partial charge < -0.3 is 9.30 Å². The molecule has 0 amide bonds. The lowest BCUT2D eigenvalue weighted by atomic mass is 10.2. The van der Waals surface area contributed by atoms with E-state index in [0.717, 1.165) is 29.7 Å². The second-order valence-corrected chi connectivity index (χ2v) is 9.99. The highest BCUT2D eigenvalue weighted by Gasteiger charge is 2.15. The standard InChI is InChI=1S/C18H27N3O3S2/c1-5-15-6-8-16(9-7-15)24-13-17-19-20-18(21(17)12-14(2)3)25-10-11-26(4,22)23/h6-9,14H,5,10-13H2,1-4H3. The Hall–Kier alpha value is -1.54. The fraction of sp³-hybridized carbons (Fsp3) is 0.556. The summed E-state index contributed by atoms with van der Waals surface area (Å²) >= 11 is 1.42. The second kappa shape index (κ2) is 9.41. The van der Waals surface area contributed by atoms with Gasteiger partial charge in [0.25, 0.3) is 0 Å². The molecule has 2 aromatic rings. The van der Waals surface area contributed by atoms with Crippen LogP contribution in [0, 0.1) is 5.92 Å². The predicted molar refractivity (Wildman–Crippen MR) is 105 cm³/mol. The van der Waals surface area contributed by atoms with Crippen molar-refractivity contribution in [3.63, 3.8) is 0 Å². The predicted octanol–water partition coefficient (Wildman–Crippen LogP) is 3.21. The molecule has 0 atom stereocenters. The minimum atomic E-state index is -2.98. The number of hydrogen-bond donors (Lipinski definition) is 0. The first-order chi connectivity index (χ1) is 12.3. The van der Waals surface area contributed by atoms with Crippen LogP contribution in [-0.4, -0.2) is 40.9 Å². The minimum Gasteiger partial charge on any atom is -0.486 e. The average molecular weight is 398 g/mol. The molecule has 0 aliphatic rings. The van der Waals surface area contributed by atoms with E-state index in [-0.39, 0.29) is 5.75 Å². The summed E-state index contributed by atoms with van der Waals surface area (Å²) in [6.07, 6.45) is 2.24. The van der Waals surface area contributed by atoms with Gasteiger partial charge in [0, 0.05) is 18.6 Å². The average Bonchev–Trinajstić information content (AvgIpc) is 2.93. The van der Waals surface area contributed by atoms with Gasteiger partial charge in [0.2, 0.25) is 0 Å². The Morgan fingerprint density at radius 3 is 2.46 bits per heavy atom. The van der Waals surface area contributed by atoms with Crippen LogP contribution in [0.25, 0.3) is 0 Å². The number of thioether (sulfide) groups is 1. The van der Waals surface area contributed by atoms with Crippen molar-refractivity contribution in [3.05, 3.63) is 35.7 Å². The van der Waals surface area contributed by atoms with Gasteiger partial charge in [-0.2, -0.15) is 0 Å². The third kappa shape index (κ3) is 6.64. The van der Waals surface area contributed by atoms with Crippen LogP contribution in [0.5, 0.6) is 5.75 Å². The molecule has 0 fully saturated rings. The van der Waals surface area contributed by atoms with E-state index < -0.39 is 9.84 Å². The molecule has 0 bridgehead atoms. The molecule has 0 saturated heterocycles. The monoisotopic (exact) mass is 397 g/mol. The molecule has 1 heterocycles. The second-order valence-electron chi connectivity index (χ2n) is 6.67. The zero-order valence-corrected chi connectivity index (χ0v) is 17.4. The van der Waals surface area contributed by atoms with Gasteiger partial charge in [0.15, 0.2) is 11.0 Å². The molecule has 0 aliphatic heterocycles. The first kappa shape index (κ1) is 20.8. The van der Waals surface area contributed by atoms with Crippen molar-refractivity contribution >= 4 is 21.6 Å². The quantitative estimate of drug-likeness (QED) is 0.573. The summed E-state index contributed by atoms with van der Waals surface area (Å²) < 4.78 is 30.5. The Morgan fingerprint density at radius 2 is 1.88 bits per heavy atom. The van der Waals surface area contributed by atoms with Gasteiger partial charge in [-0.1, -0.05) is 44.7 Å². The first-order valence-corrected chi connectivity index (χ1v) is 11.8. The fourth-order valence-electron chi connectivity index (χ4n) is 2.33. The van der Waals surface area contributed by atoms with Crippen LogP contribution in [0.4, 0.5) is 0 Å². The number of aromatic nitrogens is 3. The Bertz CT molecular complexity index is 800. The molecule has 0 radical (unpaired) electrons. The van der Waals surface area contributed by atoms with E-state index in [0.29, 0.717) is 18.3 Å². The molecular formula is C18H27N3O3S2. The van der Waals surface area contributed by atoms with Gasteiger partial charge in [0.1, 0.15) is 22.2 Å². The number of hydrogen-bond acceptors (Lipinski definition) is 6. The lowest BCUT2D eigenvalue weighted by molar-refractivity contribution is 0.284. The van der Waals surface area contributed by atoms with Crippen LogP contribution in [0.2, 0.25) is 0 Å². The minimum absolute atomic E-state index is 0.127. The highest BCUT2D eigenvalue weighted by molar-refractivity contribution is 8.00. The van der Waals surface area contributed by atoms with Crippen LogP contribution in [0.15, 0.2) is 29.4 Å². The number of sulfone groups is 1. The molecule has 2 rings (SSSR count). The van der Waals surface area contributed by atoms with E-state index in [9.17, 15) is 8.42 Å². The summed E-state index contributed by atoms with van der Waals surface area (Å²) in [6, 6.07) is 8.04. The maximum Gasteiger partial charge on any atom is 0.191 e. The van der Waals surface area contributed by atoms with Gasteiger partial charge in [-0.05, 0) is 30.0 Å². The molecule has 144 valence electrons. The summed E-state index contributed by atoms with van der Waals surface area (Å²) in [4.78, 5) is 0. The van der Waals surface area contributed by atoms with Crippen LogP contribution < -0.4 is 4.74 Å². The fourth-order valence-corrected chi connectivity index (χ4v) is 4.50. The first-order valence-electron chi connectivity index (χ1n) is 8.73. The Morgan fingerprint density at radius 1 is 1.19 bits per heavy atom. The molecular weight excluding hydrogens is 370 g/mol. The van der Waals surface area contributed by atoms with E-state index in [1.165, 1.54) is 23.6 Å². The largest absolute Gasteiger partial charge is 0.486 e. The molecule has 0 N–H and O–H groups in total. The number of aryl methyl sites for hydroxylation is 1. The number of benzene rings is 1. The van der Waals surface area contributed by atoms with Crippen molar-refractivity contribution in [2.45, 2.75) is 45.5 Å². The van der Waals surface area contributed by atoms with E-state index in [1.54, 1.807) is 0 Å². The summed E-state index contributed by atoms with van der Waals surface area (Å²) in [5, 5.41) is 9.22. The molecule has 0 spiro atoms. The van der Waals surface area contributed by atoms with Gasteiger partial charge >= 0.3 is 0 Å². The number of rotatable bonds is 10. The van der Waals surface area contributed by atoms with E-state index >= 15 is 0 Å². The van der Waals surface area contributed by atoms with Gasteiger partial charge in [-0.25, -0.2) is 8.42 Å². The molecule has 0 unspecified atom stereocenters. The smallest absolute Gasteiger partial charge is 0.191 e. The molecule has 8 heteroatoms. The molecule has 6 nitrogen and oxygen atoms in total. The SMILES string of the molecule is CCc1ccc(OCc2nnc(SCCS(C)(=O)=O)n2CC(C)C)cc1. The number of ether oxygens (including phenoxy) is 1. The van der Waals surface area contributed by atoms with Crippen LogP contribution in [0.3, 0.4) is 0 Å². The molecule has 26 heavy (non-hydrogen) atoms. The van der Waals surface area contributed by atoms with E-state index in [2.05, 4.69) is 43.1 Å². The summed E-state index contributed by atoms with van der Waals surface area (Å²) in [5.41, 5.74) is 1.27. The normalized spacial score (nSPS) is 11.9. The maximum atomic E-state index is 11.3. The van der Waals surface area contributed by atoms with Crippen LogP contribution >= 0.6 is 11.8 Å². The zero-order valence-electron chi connectivity index (χ0n) is 15.8. The third-order valence-electron chi connectivity index (χ3n) is 3.73. The summed E-state index contributed by atoms with van der Waals surface area (Å²) in [7, 11) is -2.98. The summed E-state index contributed by atoms with van der Waals surface area (Å²) in [6.45, 7) is 7.46. The Balaban J connectivity index is 2.06. The van der Waals surface area contributed by atoms with Crippen molar-refractivity contribution < 1.29 is 13.2 Å². The molecule has 0 aliphatic carbocycles. The third-order valence-corrected chi connectivity index (χ3v) is 5.90.